The van der Waals surface area contributed by atoms with E-state index in [1.807, 2.05) is 0 Å². The first-order valence-electron chi connectivity index (χ1n) is 8.27. The Kier molecular flexibility index (Phi) is 7.24. The molecule has 154 valence electrons. The van der Waals surface area contributed by atoms with Crippen molar-refractivity contribution in [2.45, 2.75) is 6.18 Å². The van der Waals surface area contributed by atoms with Crippen LogP contribution in [0.3, 0.4) is 0 Å². The lowest BCUT2D eigenvalue weighted by molar-refractivity contribution is -0.142. The molecule has 0 fully saturated rings. The predicted octanol–water partition coefficient (Wildman–Crippen LogP) is 3.92. The minimum absolute atomic E-state index is 0.149. The van der Waals surface area contributed by atoms with Crippen LogP contribution in [0.25, 0.3) is 6.08 Å². The van der Waals surface area contributed by atoms with Gasteiger partial charge in [-0.15, -0.1) is 0 Å². The van der Waals surface area contributed by atoms with Crippen LogP contribution >= 0.6 is 0 Å². The van der Waals surface area contributed by atoms with Gasteiger partial charge in [-0.05, 0) is 36.4 Å². The van der Waals surface area contributed by atoms with E-state index in [1.165, 1.54) is 20.3 Å². The Bertz CT molecular complexity index is 892. The lowest BCUT2D eigenvalue weighted by Crippen LogP contribution is -2.20. The molecule has 0 atom stereocenters. The normalized spacial score (nSPS) is 11.2. The lowest BCUT2D eigenvalue weighted by Gasteiger charge is -2.10. The molecule has 1 N–H and O–H groups in total. The molecule has 1 amide bonds. The molecule has 0 saturated heterocycles. The molecule has 0 aliphatic carbocycles. The number of carbonyl (C=O) groups excluding carboxylic acids is 2. The number of nitrogens with one attached hydrogen (secondary N) is 1. The topological polar surface area (TPSA) is 73.9 Å². The second kappa shape index (κ2) is 9.63. The van der Waals surface area contributed by atoms with Gasteiger partial charge in [0.15, 0.2) is 18.1 Å². The number of ether oxygens (including phenoxy) is 3. The van der Waals surface area contributed by atoms with E-state index in [1.54, 1.807) is 18.2 Å². The standard InChI is InChI=1S/C20H18F3NO5/c1-27-16-5-3-4-13(19(16)28-2)6-11-18(26)29-12-17(25)24-15-9-7-14(8-10-15)20(21,22)23/h3-11H,12H2,1-2H3,(H,24,25)/b11-6+. The summed E-state index contributed by atoms with van der Waals surface area (Å²) in [5.74, 6) is -0.555. The number of hydrogen-bond acceptors (Lipinski definition) is 5. The van der Waals surface area contributed by atoms with Gasteiger partial charge in [-0.3, -0.25) is 4.79 Å². The van der Waals surface area contributed by atoms with Gasteiger partial charge >= 0.3 is 12.1 Å². The fourth-order valence-corrected chi connectivity index (χ4v) is 2.33. The van der Waals surface area contributed by atoms with Crippen molar-refractivity contribution >= 4 is 23.6 Å². The van der Waals surface area contributed by atoms with Gasteiger partial charge in [0.1, 0.15) is 0 Å². The highest BCUT2D eigenvalue weighted by molar-refractivity contribution is 5.94. The van der Waals surface area contributed by atoms with Crippen LogP contribution in [-0.4, -0.2) is 32.7 Å². The minimum Gasteiger partial charge on any atom is -0.493 e. The van der Waals surface area contributed by atoms with E-state index in [9.17, 15) is 22.8 Å². The van der Waals surface area contributed by atoms with Crippen LogP contribution in [0.4, 0.5) is 18.9 Å². The monoisotopic (exact) mass is 409 g/mol. The quantitative estimate of drug-likeness (QED) is 0.554. The first kappa shape index (κ1) is 21.8. The van der Waals surface area contributed by atoms with Crippen LogP contribution < -0.4 is 14.8 Å². The molecule has 0 aromatic heterocycles. The highest BCUT2D eigenvalue weighted by Crippen LogP contribution is 2.31. The Morgan fingerprint density at radius 1 is 1.03 bits per heavy atom. The first-order chi connectivity index (χ1) is 13.7. The maximum atomic E-state index is 12.5. The summed E-state index contributed by atoms with van der Waals surface area (Å²) >= 11 is 0. The van der Waals surface area contributed by atoms with Crippen molar-refractivity contribution in [3.63, 3.8) is 0 Å². The fourth-order valence-electron chi connectivity index (χ4n) is 2.33. The van der Waals surface area contributed by atoms with Gasteiger partial charge < -0.3 is 19.5 Å². The van der Waals surface area contributed by atoms with Gasteiger partial charge in [0.25, 0.3) is 5.91 Å². The van der Waals surface area contributed by atoms with Crippen molar-refractivity contribution in [3.8, 4) is 11.5 Å². The second-order valence-electron chi connectivity index (χ2n) is 5.65. The minimum atomic E-state index is -4.46. The number of methoxy groups -OCH3 is 2. The molecule has 0 radical (unpaired) electrons. The highest BCUT2D eigenvalue weighted by atomic mass is 19.4. The number of carbonyl (C=O) groups is 2. The molecule has 0 saturated carbocycles. The molecular weight excluding hydrogens is 391 g/mol. The number of rotatable bonds is 7. The van der Waals surface area contributed by atoms with Crippen molar-refractivity contribution in [2.75, 3.05) is 26.1 Å². The zero-order valence-corrected chi connectivity index (χ0v) is 15.6. The third kappa shape index (κ3) is 6.27. The molecule has 0 aliphatic heterocycles. The smallest absolute Gasteiger partial charge is 0.416 e. The Morgan fingerprint density at radius 2 is 1.72 bits per heavy atom. The molecule has 0 bridgehead atoms. The van der Waals surface area contributed by atoms with E-state index in [0.29, 0.717) is 17.1 Å². The van der Waals surface area contributed by atoms with E-state index in [-0.39, 0.29) is 5.69 Å². The highest BCUT2D eigenvalue weighted by Gasteiger charge is 2.29. The van der Waals surface area contributed by atoms with Crippen molar-refractivity contribution < 1.29 is 37.0 Å². The third-order valence-corrected chi connectivity index (χ3v) is 3.67. The molecule has 0 heterocycles. The van der Waals surface area contributed by atoms with Crippen LogP contribution in [0, 0.1) is 0 Å². The molecule has 2 rings (SSSR count). The number of benzene rings is 2. The molecule has 2 aromatic carbocycles. The summed E-state index contributed by atoms with van der Waals surface area (Å²) in [6.45, 7) is -0.598. The van der Waals surface area contributed by atoms with E-state index in [2.05, 4.69) is 5.32 Å². The molecule has 29 heavy (non-hydrogen) atoms. The van der Waals surface area contributed by atoms with Gasteiger partial charge in [0.05, 0.1) is 19.8 Å². The zero-order valence-electron chi connectivity index (χ0n) is 15.6. The summed E-state index contributed by atoms with van der Waals surface area (Å²) in [5.41, 5.74) is -0.117. The molecule has 0 unspecified atom stereocenters. The van der Waals surface area contributed by atoms with Gasteiger partial charge in [0, 0.05) is 17.3 Å². The number of amides is 1. The maximum Gasteiger partial charge on any atom is 0.416 e. The molecule has 2 aromatic rings. The van der Waals surface area contributed by atoms with E-state index in [0.717, 1.165) is 30.3 Å². The van der Waals surface area contributed by atoms with E-state index >= 15 is 0 Å². The summed E-state index contributed by atoms with van der Waals surface area (Å²) in [6, 6.07) is 9.00. The number of para-hydroxylation sites is 1. The molecular formula is C20H18F3NO5. The van der Waals surface area contributed by atoms with Crippen molar-refractivity contribution in [3.05, 3.63) is 59.7 Å². The summed E-state index contributed by atoms with van der Waals surface area (Å²) in [6.07, 6.45) is -1.91. The molecule has 0 aliphatic rings. The average molecular weight is 409 g/mol. The summed E-state index contributed by atoms with van der Waals surface area (Å²) < 4.78 is 52.7. The van der Waals surface area contributed by atoms with E-state index in [4.69, 9.17) is 14.2 Å². The number of alkyl halides is 3. The van der Waals surface area contributed by atoms with Crippen LogP contribution in [0.5, 0.6) is 11.5 Å². The average Bonchev–Trinajstić information content (AvgIpc) is 2.69. The van der Waals surface area contributed by atoms with Gasteiger partial charge in [-0.1, -0.05) is 12.1 Å². The largest absolute Gasteiger partial charge is 0.493 e. The van der Waals surface area contributed by atoms with E-state index < -0.39 is 30.2 Å². The van der Waals surface area contributed by atoms with Gasteiger partial charge in [0.2, 0.25) is 0 Å². The Labute approximate surface area is 164 Å². The van der Waals surface area contributed by atoms with Crippen molar-refractivity contribution in [1.29, 1.82) is 0 Å². The number of esters is 1. The lowest BCUT2D eigenvalue weighted by atomic mass is 10.1. The number of halogens is 3. The number of hydrogen-bond donors (Lipinski definition) is 1. The summed E-state index contributed by atoms with van der Waals surface area (Å²) in [7, 11) is 2.94. The van der Waals surface area contributed by atoms with Crippen molar-refractivity contribution in [1.82, 2.24) is 0 Å². The van der Waals surface area contributed by atoms with Gasteiger partial charge in [-0.25, -0.2) is 4.79 Å². The molecule has 0 spiro atoms. The molecule has 9 heteroatoms. The maximum absolute atomic E-state index is 12.5. The Morgan fingerprint density at radius 3 is 2.31 bits per heavy atom. The Hall–Kier alpha value is -3.49. The summed E-state index contributed by atoms with van der Waals surface area (Å²) in [4.78, 5) is 23.6. The summed E-state index contributed by atoms with van der Waals surface area (Å²) in [5, 5.41) is 2.34. The van der Waals surface area contributed by atoms with Gasteiger partial charge in [-0.2, -0.15) is 13.2 Å². The number of anilines is 1. The first-order valence-corrected chi connectivity index (χ1v) is 8.27. The fraction of sp³-hybridized carbons (Fsp3) is 0.200. The van der Waals surface area contributed by atoms with Crippen LogP contribution in [0.15, 0.2) is 48.5 Å². The third-order valence-electron chi connectivity index (χ3n) is 3.67. The molecule has 6 nitrogen and oxygen atoms in total. The van der Waals surface area contributed by atoms with Crippen LogP contribution in [0.1, 0.15) is 11.1 Å². The predicted molar refractivity (Wildman–Crippen MR) is 99.6 cm³/mol. The second-order valence-corrected chi connectivity index (χ2v) is 5.65. The van der Waals surface area contributed by atoms with Crippen molar-refractivity contribution in [2.24, 2.45) is 0 Å². The Balaban J connectivity index is 1.89. The SMILES string of the molecule is COc1cccc(/C=C/C(=O)OCC(=O)Nc2ccc(C(F)(F)F)cc2)c1OC. The zero-order chi connectivity index (χ0) is 21.4. The van der Waals surface area contributed by atoms with Crippen LogP contribution in [-0.2, 0) is 20.5 Å². The van der Waals surface area contributed by atoms with Crippen LogP contribution in [0.2, 0.25) is 0 Å².